The van der Waals surface area contributed by atoms with Crippen molar-refractivity contribution >= 4 is 17.9 Å². The van der Waals surface area contributed by atoms with Gasteiger partial charge >= 0.3 is 17.9 Å². The summed E-state index contributed by atoms with van der Waals surface area (Å²) in [7, 11) is 0. The van der Waals surface area contributed by atoms with Crippen molar-refractivity contribution in [3.05, 3.63) is 122 Å². The third-order valence-electron chi connectivity index (χ3n) is 9.40. The lowest BCUT2D eigenvalue weighted by Crippen LogP contribution is -2.30. The van der Waals surface area contributed by atoms with E-state index in [0.717, 1.165) is 96.3 Å². The normalized spacial score (nSPS) is 13.2. The van der Waals surface area contributed by atoms with Crippen molar-refractivity contribution in [3.8, 4) is 0 Å². The minimum absolute atomic E-state index is 0.122. The summed E-state index contributed by atoms with van der Waals surface area (Å²) in [4.78, 5) is 37.8. The van der Waals surface area contributed by atoms with Crippen LogP contribution in [0.4, 0.5) is 0 Å². The Bertz CT molecular complexity index is 1320. The van der Waals surface area contributed by atoms with E-state index in [0.29, 0.717) is 12.8 Å². The first-order valence-corrected chi connectivity index (χ1v) is 23.7. The molecule has 0 saturated heterocycles. The summed E-state index contributed by atoms with van der Waals surface area (Å²) in [6.07, 6.45) is 64.6. The lowest BCUT2D eigenvalue weighted by atomic mass is 10.1. The van der Waals surface area contributed by atoms with Gasteiger partial charge in [-0.15, -0.1) is 0 Å². The van der Waals surface area contributed by atoms with Crippen molar-refractivity contribution in [1.82, 2.24) is 0 Å². The number of rotatable bonds is 40. The molecule has 0 N–H and O–H groups in total. The summed E-state index contributed by atoms with van der Waals surface area (Å²) in [5, 5.41) is 0. The Balaban J connectivity index is 4.58. The molecule has 60 heavy (non-hydrogen) atoms. The molecule has 0 aromatic heterocycles. The second-order valence-electron chi connectivity index (χ2n) is 15.1. The van der Waals surface area contributed by atoms with E-state index in [1.54, 1.807) is 0 Å². The van der Waals surface area contributed by atoms with Crippen LogP contribution in [0.1, 0.15) is 181 Å². The van der Waals surface area contributed by atoms with Crippen molar-refractivity contribution in [2.45, 2.75) is 187 Å². The van der Waals surface area contributed by atoms with Gasteiger partial charge in [0.05, 0.1) is 0 Å². The van der Waals surface area contributed by atoms with Crippen molar-refractivity contribution in [3.63, 3.8) is 0 Å². The average molecular weight is 829 g/mol. The van der Waals surface area contributed by atoms with Gasteiger partial charge in [-0.1, -0.05) is 200 Å². The SMILES string of the molecule is CC/C=C/C=C/C=C/C=C/C=C/CCCCCC(=O)OCC(COC(=O)CCCCC/C=C/C=C/C=C/C=C/CC)OC(=O)CCCCC/C=C/CCCCCCCCC. The van der Waals surface area contributed by atoms with E-state index in [-0.39, 0.29) is 37.5 Å². The number of ether oxygens (including phenoxy) is 3. The fraction of sp³-hybridized carbons (Fsp3) is 0.574. The molecule has 1 unspecified atom stereocenters. The van der Waals surface area contributed by atoms with Crippen LogP contribution in [0.2, 0.25) is 0 Å². The van der Waals surface area contributed by atoms with Gasteiger partial charge in [-0.2, -0.15) is 0 Å². The maximum Gasteiger partial charge on any atom is 0.306 e. The van der Waals surface area contributed by atoms with Crippen molar-refractivity contribution in [1.29, 1.82) is 0 Å². The van der Waals surface area contributed by atoms with Crippen LogP contribution < -0.4 is 0 Å². The van der Waals surface area contributed by atoms with Crippen LogP contribution in [-0.2, 0) is 28.6 Å². The number of unbranched alkanes of at least 4 members (excludes halogenated alkanes) is 16. The summed E-state index contributed by atoms with van der Waals surface area (Å²) < 4.78 is 16.7. The van der Waals surface area contributed by atoms with E-state index >= 15 is 0 Å². The molecule has 6 nitrogen and oxygen atoms in total. The van der Waals surface area contributed by atoms with Crippen molar-refractivity contribution in [2.24, 2.45) is 0 Å². The van der Waals surface area contributed by atoms with E-state index in [1.165, 1.54) is 44.9 Å². The van der Waals surface area contributed by atoms with Crippen LogP contribution in [0.25, 0.3) is 0 Å². The van der Waals surface area contributed by atoms with Gasteiger partial charge in [0.1, 0.15) is 13.2 Å². The molecule has 0 spiro atoms. The second kappa shape index (κ2) is 47.5. The van der Waals surface area contributed by atoms with E-state index in [4.69, 9.17) is 14.2 Å². The van der Waals surface area contributed by atoms with Gasteiger partial charge in [0.2, 0.25) is 0 Å². The Morgan fingerprint density at radius 3 is 1.07 bits per heavy atom. The third-order valence-corrected chi connectivity index (χ3v) is 9.40. The number of allylic oxidation sites excluding steroid dienone is 20. The molecule has 0 bridgehead atoms. The number of hydrogen-bond donors (Lipinski definition) is 0. The molecule has 6 heteroatoms. The van der Waals surface area contributed by atoms with Gasteiger partial charge in [0.15, 0.2) is 6.10 Å². The van der Waals surface area contributed by atoms with Gasteiger partial charge in [-0.25, -0.2) is 0 Å². The Morgan fingerprint density at radius 2 is 0.667 bits per heavy atom. The fourth-order valence-corrected chi connectivity index (χ4v) is 5.88. The molecular weight excluding hydrogens is 745 g/mol. The second-order valence-corrected chi connectivity index (χ2v) is 15.1. The predicted octanol–water partition coefficient (Wildman–Crippen LogP) is 15.4. The topological polar surface area (TPSA) is 78.9 Å². The maximum absolute atomic E-state index is 12.7. The molecule has 0 aliphatic rings. The highest BCUT2D eigenvalue weighted by atomic mass is 16.6. The van der Waals surface area contributed by atoms with E-state index in [9.17, 15) is 14.4 Å². The van der Waals surface area contributed by atoms with Crippen LogP contribution in [0.15, 0.2) is 122 Å². The molecule has 336 valence electrons. The van der Waals surface area contributed by atoms with E-state index in [1.807, 2.05) is 85.1 Å². The van der Waals surface area contributed by atoms with Gasteiger partial charge in [0.25, 0.3) is 0 Å². The standard InChI is InChI=1S/C54H84O6/c1-4-7-10-13-16-19-22-25-27-30-32-35-38-41-44-47-53(56)59-50-51(49-58-52(55)46-43-40-37-34-31-28-24-21-18-15-12-9-6-3)60-54(57)48-45-42-39-36-33-29-26-23-20-17-14-11-8-5-2/h7,9-10,12-13,15-16,18-19,21-22,24-25,27-33,51H,4-6,8,11,14,17,20,23,26,34-50H2,1-3H3/b10-7+,12-9+,16-13+,18-15+,22-19+,24-21+,27-25+,31-28+,32-30+,33-29+. The predicted molar refractivity (Wildman–Crippen MR) is 256 cm³/mol. The summed E-state index contributed by atoms with van der Waals surface area (Å²) >= 11 is 0. The van der Waals surface area contributed by atoms with Gasteiger partial charge in [0, 0.05) is 19.3 Å². The van der Waals surface area contributed by atoms with E-state index < -0.39 is 6.10 Å². The zero-order chi connectivity index (χ0) is 43.7. The number of hydrogen-bond acceptors (Lipinski definition) is 6. The first-order chi connectivity index (χ1) is 29.5. The zero-order valence-corrected chi connectivity index (χ0v) is 38.2. The molecule has 0 radical (unpaired) electrons. The fourth-order valence-electron chi connectivity index (χ4n) is 5.88. The number of esters is 3. The monoisotopic (exact) mass is 829 g/mol. The molecule has 0 rings (SSSR count). The molecule has 0 saturated carbocycles. The Kier molecular flexibility index (Phi) is 44.2. The summed E-state index contributed by atoms with van der Waals surface area (Å²) in [6, 6.07) is 0. The first-order valence-electron chi connectivity index (χ1n) is 23.7. The van der Waals surface area contributed by atoms with Crippen LogP contribution in [0.5, 0.6) is 0 Å². The summed E-state index contributed by atoms with van der Waals surface area (Å²) in [6.45, 7) is 6.23. The minimum atomic E-state index is -0.822. The first kappa shape index (κ1) is 55.8. The third kappa shape index (κ3) is 44.9. The summed E-state index contributed by atoms with van der Waals surface area (Å²) in [5.41, 5.74) is 0. The van der Waals surface area contributed by atoms with Crippen LogP contribution >= 0.6 is 0 Å². The molecule has 0 aromatic rings. The number of carbonyl (C=O) groups is 3. The van der Waals surface area contributed by atoms with E-state index in [2.05, 4.69) is 57.2 Å². The molecule has 0 aromatic carbocycles. The molecule has 1 atom stereocenters. The lowest BCUT2D eigenvalue weighted by molar-refractivity contribution is -0.167. The minimum Gasteiger partial charge on any atom is -0.462 e. The van der Waals surface area contributed by atoms with Gasteiger partial charge < -0.3 is 14.2 Å². The lowest BCUT2D eigenvalue weighted by Gasteiger charge is -2.18. The van der Waals surface area contributed by atoms with Crippen molar-refractivity contribution < 1.29 is 28.6 Å². The Hall–Kier alpha value is -4.19. The smallest absolute Gasteiger partial charge is 0.306 e. The Labute approximate surface area is 367 Å². The molecule has 0 fully saturated rings. The quantitative estimate of drug-likeness (QED) is 0.0201. The Morgan fingerprint density at radius 1 is 0.350 bits per heavy atom. The highest BCUT2D eigenvalue weighted by Crippen LogP contribution is 2.12. The molecule has 0 heterocycles. The molecular formula is C54H84O6. The highest BCUT2D eigenvalue weighted by molar-refractivity contribution is 5.71. The van der Waals surface area contributed by atoms with Gasteiger partial charge in [-0.3, -0.25) is 14.4 Å². The maximum atomic E-state index is 12.7. The zero-order valence-electron chi connectivity index (χ0n) is 38.2. The average Bonchev–Trinajstić information content (AvgIpc) is 3.24. The number of carbonyl (C=O) groups excluding carboxylic acids is 3. The van der Waals surface area contributed by atoms with Crippen LogP contribution in [0.3, 0.4) is 0 Å². The molecule has 0 aliphatic heterocycles. The highest BCUT2D eigenvalue weighted by Gasteiger charge is 2.19. The largest absolute Gasteiger partial charge is 0.462 e. The van der Waals surface area contributed by atoms with Crippen molar-refractivity contribution in [2.75, 3.05) is 13.2 Å². The van der Waals surface area contributed by atoms with Crippen LogP contribution in [-0.4, -0.2) is 37.2 Å². The van der Waals surface area contributed by atoms with Crippen LogP contribution in [0, 0.1) is 0 Å². The molecule has 0 amide bonds. The molecule has 0 aliphatic carbocycles. The summed E-state index contributed by atoms with van der Waals surface area (Å²) in [5.74, 6) is -1.03. The van der Waals surface area contributed by atoms with Gasteiger partial charge in [-0.05, 0) is 83.5 Å².